The number of likely N-dealkylation sites (tertiary alicyclic amines) is 1. The summed E-state index contributed by atoms with van der Waals surface area (Å²) in [4.78, 5) is 2.44. The summed E-state index contributed by atoms with van der Waals surface area (Å²) in [5.41, 5.74) is 0.750. The van der Waals surface area contributed by atoms with Crippen LogP contribution in [-0.2, 0) is 15.9 Å². The highest BCUT2D eigenvalue weighted by molar-refractivity contribution is 7.17. The fraction of sp³-hybridized carbons (Fsp3) is 0.579. The number of nitrogens with zero attached hydrogens (tertiary/aromatic N) is 1. The zero-order chi connectivity index (χ0) is 16.8. The fourth-order valence-electron chi connectivity index (χ4n) is 3.27. The summed E-state index contributed by atoms with van der Waals surface area (Å²) in [5, 5.41) is 3.12. The van der Waals surface area contributed by atoms with Crippen LogP contribution in [0.3, 0.4) is 0 Å². The van der Waals surface area contributed by atoms with Crippen LogP contribution in [0.25, 0.3) is 10.1 Å². The maximum Gasteiger partial charge on any atom is 0.127 e. The standard InChI is InChI=1S/C19H26FNO2S/c1-2-23-17-4-8-21(14-17)7-3-9-22-10-5-15-12-16-6-11-24-19(16)13-18(15)20/h6,11-13,17H,2-5,7-10,14H2,1H3. The summed E-state index contributed by atoms with van der Waals surface area (Å²) in [6, 6.07) is 5.62. The molecule has 1 unspecified atom stereocenters. The molecule has 1 fully saturated rings. The molecule has 2 aromatic rings. The van der Waals surface area contributed by atoms with Crippen molar-refractivity contribution in [3.8, 4) is 0 Å². The van der Waals surface area contributed by atoms with Crippen LogP contribution in [0.2, 0.25) is 0 Å². The molecule has 132 valence electrons. The largest absolute Gasteiger partial charge is 0.381 e. The Morgan fingerprint density at radius 2 is 2.25 bits per heavy atom. The summed E-state index contributed by atoms with van der Waals surface area (Å²) >= 11 is 1.58. The summed E-state index contributed by atoms with van der Waals surface area (Å²) in [6.45, 7) is 7.38. The van der Waals surface area contributed by atoms with Gasteiger partial charge in [0.15, 0.2) is 0 Å². The van der Waals surface area contributed by atoms with Crippen molar-refractivity contribution in [3.63, 3.8) is 0 Å². The van der Waals surface area contributed by atoms with E-state index in [1.54, 1.807) is 17.4 Å². The van der Waals surface area contributed by atoms with Crippen molar-refractivity contribution in [2.24, 2.45) is 0 Å². The van der Waals surface area contributed by atoms with Crippen molar-refractivity contribution in [2.45, 2.75) is 32.3 Å². The second-order valence-electron chi connectivity index (χ2n) is 6.28. The summed E-state index contributed by atoms with van der Waals surface area (Å²) < 4.78 is 26.4. The van der Waals surface area contributed by atoms with Crippen LogP contribution >= 0.6 is 11.3 Å². The minimum atomic E-state index is -0.118. The molecule has 0 amide bonds. The Hall–Kier alpha value is -1.01. The molecule has 0 spiro atoms. The molecule has 0 aliphatic carbocycles. The number of fused-ring (bicyclic) bond motifs is 1. The van der Waals surface area contributed by atoms with Gasteiger partial charge in [0, 0.05) is 37.5 Å². The van der Waals surface area contributed by atoms with Gasteiger partial charge in [-0.05, 0) is 60.7 Å². The van der Waals surface area contributed by atoms with Gasteiger partial charge in [-0.15, -0.1) is 11.3 Å². The van der Waals surface area contributed by atoms with E-state index in [1.807, 2.05) is 17.5 Å². The minimum Gasteiger partial charge on any atom is -0.381 e. The van der Waals surface area contributed by atoms with E-state index in [9.17, 15) is 4.39 Å². The first kappa shape index (κ1) is 17.8. The fourth-order valence-corrected chi connectivity index (χ4v) is 4.07. The van der Waals surface area contributed by atoms with Crippen molar-refractivity contribution in [2.75, 3.05) is 39.5 Å². The number of rotatable bonds is 9. The zero-order valence-corrected chi connectivity index (χ0v) is 15.1. The van der Waals surface area contributed by atoms with Crippen LogP contribution in [0.4, 0.5) is 4.39 Å². The normalized spacial score (nSPS) is 18.7. The third kappa shape index (κ3) is 4.76. The molecule has 0 saturated carbocycles. The average molecular weight is 351 g/mol. The molecule has 0 bridgehead atoms. The number of thiophene rings is 1. The molecule has 1 atom stereocenters. The molecule has 1 aliphatic heterocycles. The second-order valence-corrected chi connectivity index (χ2v) is 7.23. The van der Waals surface area contributed by atoms with Gasteiger partial charge in [0.1, 0.15) is 5.82 Å². The van der Waals surface area contributed by atoms with E-state index in [4.69, 9.17) is 9.47 Å². The highest BCUT2D eigenvalue weighted by Crippen LogP contribution is 2.24. The number of ether oxygens (including phenoxy) is 2. The first-order valence-corrected chi connectivity index (χ1v) is 9.71. The van der Waals surface area contributed by atoms with Gasteiger partial charge in [-0.3, -0.25) is 0 Å². The third-order valence-corrected chi connectivity index (χ3v) is 5.41. The Morgan fingerprint density at radius 3 is 3.12 bits per heavy atom. The lowest BCUT2D eigenvalue weighted by Crippen LogP contribution is -2.25. The zero-order valence-electron chi connectivity index (χ0n) is 14.3. The van der Waals surface area contributed by atoms with E-state index < -0.39 is 0 Å². The van der Waals surface area contributed by atoms with Gasteiger partial charge < -0.3 is 14.4 Å². The van der Waals surface area contributed by atoms with Crippen molar-refractivity contribution >= 4 is 21.4 Å². The van der Waals surface area contributed by atoms with Gasteiger partial charge in [0.25, 0.3) is 0 Å². The number of benzene rings is 1. The number of hydrogen-bond acceptors (Lipinski definition) is 4. The molecule has 0 N–H and O–H groups in total. The van der Waals surface area contributed by atoms with Crippen LogP contribution in [0.1, 0.15) is 25.3 Å². The van der Waals surface area contributed by atoms with Crippen molar-refractivity contribution < 1.29 is 13.9 Å². The summed E-state index contributed by atoms with van der Waals surface area (Å²) in [6.07, 6.45) is 3.20. The highest BCUT2D eigenvalue weighted by Gasteiger charge is 2.21. The van der Waals surface area contributed by atoms with Gasteiger partial charge >= 0.3 is 0 Å². The third-order valence-electron chi connectivity index (χ3n) is 4.53. The predicted molar refractivity (Wildman–Crippen MR) is 97.4 cm³/mol. The van der Waals surface area contributed by atoms with Crippen LogP contribution < -0.4 is 0 Å². The molecule has 1 aliphatic rings. The van der Waals surface area contributed by atoms with Crippen LogP contribution in [0.5, 0.6) is 0 Å². The molecule has 1 aromatic carbocycles. The Labute approximate surface area is 147 Å². The van der Waals surface area contributed by atoms with Crippen LogP contribution in [-0.4, -0.2) is 50.5 Å². The lowest BCUT2D eigenvalue weighted by molar-refractivity contribution is 0.0671. The van der Waals surface area contributed by atoms with E-state index >= 15 is 0 Å². The van der Waals surface area contributed by atoms with Gasteiger partial charge in [-0.2, -0.15) is 0 Å². The SMILES string of the molecule is CCOC1CCN(CCCOCCc2cc3ccsc3cc2F)C1. The van der Waals surface area contributed by atoms with Crippen LogP contribution in [0.15, 0.2) is 23.6 Å². The molecule has 5 heteroatoms. The lowest BCUT2D eigenvalue weighted by atomic mass is 10.1. The maximum absolute atomic E-state index is 14.0. The molecule has 24 heavy (non-hydrogen) atoms. The molecule has 3 nitrogen and oxygen atoms in total. The molecule has 3 rings (SSSR count). The number of hydrogen-bond donors (Lipinski definition) is 0. The summed E-state index contributed by atoms with van der Waals surface area (Å²) in [7, 11) is 0. The highest BCUT2D eigenvalue weighted by atomic mass is 32.1. The smallest absolute Gasteiger partial charge is 0.127 e. The monoisotopic (exact) mass is 351 g/mol. The van der Waals surface area contributed by atoms with Gasteiger partial charge in [0.05, 0.1) is 12.7 Å². The van der Waals surface area contributed by atoms with E-state index in [2.05, 4.69) is 11.8 Å². The van der Waals surface area contributed by atoms with Crippen molar-refractivity contribution in [1.29, 1.82) is 0 Å². The molecular weight excluding hydrogens is 325 g/mol. The Balaban J connectivity index is 1.32. The average Bonchev–Trinajstić information content (AvgIpc) is 3.20. The van der Waals surface area contributed by atoms with E-state index in [1.165, 1.54) is 0 Å². The molecular formula is C19H26FNO2S. The van der Waals surface area contributed by atoms with Crippen LogP contribution in [0, 0.1) is 5.82 Å². The molecule has 1 aromatic heterocycles. The minimum absolute atomic E-state index is 0.118. The van der Waals surface area contributed by atoms with E-state index in [0.717, 1.165) is 61.3 Å². The first-order valence-electron chi connectivity index (χ1n) is 8.83. The lowest BCUT2D eigenvalue weighted by Gasteiger charge is -2.15. The number of halogens is 1. The Kier molecular flexibility index (Phi) is 6.60. The maximum atomic E-state index is 14.0. The summed E-state index contributed by atoms with van der Waals surface area (Å²) in [5.74, 6) is -0.118. The van der Waals surface area contributed by atoms with Gasteiger partial charge in [-0.25, -0.2) is 4.39 Å². The quantitative estimate of drug-likeness (QED) is 0.635. The van der Waals surface area contributed by atoms with E-state index in [-0.39, 0.29) is 5.82 Å². The van der Waals surface area contributed by atoms with Gasteiger partial charge in [0.2, 0.25) is 0 Å². The molecule has 0 radical (unpaired) electrons. The Morgan fingerprint density at radius 1 is 1.33 bits per heavy atom. The van der Waals surface area contributed by atoms with Gasteiger partial charge in [-0.1, -0.05) is 0 Å². The van der Waals surface area contributed by atoms with Crippen molar-refractivity contribution in [1.82, 2.24) is 4.90 Å². The van der Waals surface area contributed by atoms with Crippen molar-refractivity contribution in [3.05, 3.63) is 35.0 Å². The predicted octanol–water partition coefficient (Wildman–Crippen LogP) is 4.10. The molecule has 2 heterocycles. The topological polar surface area (TPSA) is 21.7 Å². The Bertz CT molecular complexity index is 645. The first-order chi connectivity index (χ1) is 11.8. The van der Waals surface area contributed by atoms with E-state index in [0.29, 0.717) is 19.1 Å². The second kappa shape index (κ2) is 8.90. The molecule has 1 saturated heterocycles.